The van der Waals surface area contributed by atoms with E-state index in [0.717, 1.165) is 0 Å². The van der Waals surface area contributed by atoms with E-state index in [1.165, 1.54) is 18.2 Å². The number of amides is 1. The molecule has 30 heavy (non-hydrogen) atoms. The van der Waals surface area contributed by atoms with Gasteiger partial charge >= 0.3 is 0 Å². The molecule has 8 nitrogen and oxygen atoms in total. The van der Waals surface area contributed by atoms with Crippen LogP contribution in [0, 0.1) is 0 Å². The predicted molar refractivity (Wildman–Crippen MR) is 114 cm³/mol. The molecule has 9 heteroatoms. The molecule has 2 aromatic carbocycles. The van der Waals surface area contributed by atoms with Crippen molar-refractivity contribution in [1.82, 2.24) is 5.32 Å². The van der Waals surface area contributed by atoms with Gasteiger partial charge in [0, 0.05) is 11.3 Å². The number of benzene rings is 2. The Morgan fingerprint density at radius 2 is 1.53 bits per heavy atom. The molecule has 0 saturated carbocycles. The van der Waals surface area contributed by atoms with Gasteiger partial charge < -0.3 is 29.4 Å². The van der Waals surface area contributed by atoms with Crippen molar-refractivity contribution in [3.63, 3.8) is 0 Å². The summed E-state index contributed by atoms with van der Waals surface area (Å²) < 4.78 is 16.8. The van der Waals surface area contributed by atoms with Crippen LogP contribution in [-0.2, 0) is 0 Å². The molecule has 0 atom stereocenters. The first-order chi connectivity index (χ1) is 14.4. The SMILES string of the molecule is CCOc1cc(C(=O)NC(=S)Nc2cccc(C(=O)[O-])c2)cc(OCC)c1OCC. The molecular weight excluding hydrogens is 408 g/mol. The molecule has 0 bridgehead atoms. The van der Waals surface area contributed by atoms with Crippen LogP contribution in [0.5, 0.6) is 17.2 Å². The van der Waals surface area contributed by atoms with Gasteiger partial charge in [0.25, 0.3) is 5.91 Å². The van der Waals surface area contributed by atoms with Crippen molar-refractivity contribution < 1.29 is 28.9 Å². The van der Waals surface area contributed by atoms with Gasteiger partial charge in [0.2, 0.25) is 5.75 Å². The summed E-state index contributed by atoms with van der Waals surface area (Å²) in [6, 6.07) is 8.99. The molecule has 2 N–H and O–H groups in total. The summed E-state index contributed by atoms with van der Waals surface area (Å²) in [6.45, 7) is 6.65. The van der Waals surface area contributed by atoms with Crippen molar-refractivity contribution in [2.75, 3.05) is 25.1 Å². The highest BCUT2D eigenvalue weighted by molar-refractivity contribution is 7.80. The minimum atomic E-state index is -1.31. The summed E-state index contributed by atoms with van der Waals surface area (Å²) >= 11 is 5.16. The quantitative estimate of drug-likeness (QED) is 0.583. The number of carbonyl (C=O) groups excluding carboxylic acids is 2. The average molecular weight is 431 g/mol. The Morgan fingerprint density at radius 1 is 0.933 bits per heavy atom. The first-order valence-electron chi connectivity index (χ1n) is 9.39. The zero-order valence-corrected chi connectivity index (χ0v) is 17.8. The predicted octanol–water partition coefficient (Wildman–Crippen LogP) is 2.37. The number of carbonyl (C=O) groups is 2. The highest BCUT2D eigenvalue weighted by Crippen LogP contribution is 2.39. The number of hydrogen-bond acceptors (Lipinski definition) is 7. The van der Waals surface area contributed by atoms with Gasteiger partial charge in [0.05, 0.1) is 25.8 Å². The molecular formula is C21H23N2O6S-. The van der Waals surface area contributed by atoms with Crippen molar-refractivity contribution in [2.24, 2.45) is 0 Å². The number of ether oxygens (including phenoxy) is 3. The number of hydrogen-bond donors (Lipinski definition) is 2. The highest BCUT2D eigenvalue weighted by Gasteiger charge is 2.19. The second-order valence-electron chi connectivity index (χ2n) is 5.88. The molecule has 0 saturated heterocycles. The maximum Gasteiger partial charge on any atom is 0.257 e. The molecule has 0 radical (unpaired) electrons. The fourth-order valence-corrected chi connectivity index (χ4v) is 2.79. The van der Waals surface area contributed by atoms with Gasteiger partial charge in [-0.05, 0) is 62.8 Å². The number of thiocarbonyl (C=S) groups is 1. The Labute approximate surface area is 180 Å². The van der Waals surface area contributed by atoms with Gasteiger partial charge in [-0.2, -0.15) is 0 Å². The fourth-order valence-electron chi connectivity index (χ4n) is 2.58. The first kappa shape index (κ1) is 23.0. The van der Waals surface area contributed by atoms with Crippen LogP contribution in [0.15, 0.2) is 36.4 Å². The third kappa shape index (κ3) is 6.08. The van der Waals surface area contributed by atoms with Crippen LogP contribution < -0.4 is 30.0 Å². The second kappa shape index (κ2) is 11.0. The molecule has 0 unspecified atom stereocenters. The van der Waals surface area contributed by atoms with Crippen molar-refractivity contribution >= 4 is 34.9 Å². The maximum absolute atomic E-state index is 12.7. The summed E-state index contributed by atoms with van der Waals surface area (Å²) in [5, 5.41) is 16.3. The van der Waals surface area contributed by atoms with Crippen LogP contribution in [-0.4, -0.2) is 36.8 Å². The molecule has 2 rings (SSSR count). The minimum Gasteiger partial charge on any atom is -0.545 e. The number of carboxylic acid groups (broad SMARTS) is 1. The van der Waals surface area contributed by atoms with Crippen molar-refractivity contribution in [3.05, 3.63) is 47.5 Å². The molecule has 2 aromatic rings. The molecule has 0 aliphatic carbocycles. The molecule has 1 amide bonds. The number of nitrogens with one attached hydrogen (secondary N) is 2. The van der Waals surface area contributed by atoms with Crippen LogP contribution in [0.25, 0.3) is 0 Å². The third-order valence-corrected chi connectivity index (χ3v) is 3.96. The summed E-state index contributed by atoms with van der Waals surface area (Å²) in [5.41, 5.74) is 0.653. The smallest absolute Gasteiger partial charge is 0.257 e. The van der Waals surface area contributed by atoms with E-state index in [-0.39, 0.29) is 16.2 Å². The van der Waals surface area contributed by atoms with E-state index in [0.29, 0.717) is 42.8 Å². The lowest BCUT2D eigenvalue weighted by molar-refractivity contribution is -0.255. The number of aromatic carboxylic acids is 1. The van der Waals surface area contributed by atoms with Crippen LogP contribution in [0.1, 0.15) is 41.5 Å². The summed E-state index contributed by atoms with van der Waals surface area (Å²) in [7, 11) is 0. The zero-order chi connectivity index (χ0) is 22.1. The minimum absolute atomic E-state index is 0.000280. The normalized spacial score (nSPS) is 10.1. The van der Waals surface area contributed by atoms with Gasteiger partial charge in [0.15, 0.2) is 16.6 Å². The van der Waals surface area contributed by atoms with E-state index in [4.69, 9.17) is 26.4 Å². The number of anilines is 1. The first-order valence-corrected chi connectivity index (χ1v) is 9.80. The second-order valence-corrected chi connectivity index (χ2v) is 6.29. The van der Waals surface area contributed by atoms with Gasteiger partial charge in [-0.1, -0.05) is 12.1 Å². The molecule has 0 spiro atoms. The largest absolute Gasteiger partial charge is 0.545 e. The van der Waals surface area contributed by atoms with Crippen LogP contribution in [0.2, 0.25) is 0 Å². The summed E-state index contributed by atoms with van der Waals surface area (Å²) in [5.74, 6) is -0.604. The summed E-state index contributed by atoms with van der Waals surface area (Å²) in [6.07, 6.45) is 0. The maximum atomic E-state index is 12.7. The van der Waals surface area contributed by atoms with Crippen LogP contribution in [0.4, 0.5) is 5.69 Å². The zero-order valence-electron chi connectivity index (χ0n) is 16.9. The number of rotatable bonds is 9. The Morgan fingerprint density at radius 3 is 2.07 bits per heavy atom. The monoisotopic (exact) mass is 431 g/mol. The third-order valence-electron chi connectivity index (χ3n) is 3.75. The Balaban J connectivity index is 2.21. The topological polar surface area (TPSA) is 109 Å². The molecule has 0 fully saturated rings. The van der Waals surface area contributed by atoms with Gasteiger partial charge in [0.1, 0.15) is 0 Å². The molecule has 0 aromatic heterocycles. The van der Waals surface area contributed by atoms with E-state index in [9.17, 15) is 14.7 Å². The molecule has 0 aliphatic heterocycles. The van der Waals surface area contributed by atoms with E-state index in [2.05, 4.69) is 10.6 Å². The van der Waals surface area contributed by atoms with E-state index < -0.39 is 11.9 Å². The average Bonchev–Trinajstić information content (AvgIpc) is 2.70. The van der Waals surface area contributed by atoms with Crippen molar-refractivity contribution in [3.8, 4) is 17.2 Å². The van der Waals surface area contributed by atoms with Crippen LogP contribution >= 0.6 is 12.2 Å². The molecule has 0 heterocycles. The molecule has 0 aliphatic rings. The lowest BCUT2D eigenvalue weighted by Crippen LogP contribution is -2.34. The lowest BCUT2D eigenvalue weighted by atomic mass is 10.1. The van der Waals surface area contributed by atoms with Crippen molar-refractivity contribution in [1.29, 1.82) is 0 Å². The Hall–Kier alpha value is -3.33. The van der Waals surface area contributed by atoms with E-state index in [1.54, 1.807) is 18.2 Å². The highest BCUT2D eigenvalue weighted by atomic mass is 32.1. The van der Waals surface area contributed by atoms with E-state index >= 15 is 0 Å². The summed E-state index contributed by atoms with van der Waals surface area (Å²) in [4.78, 5) is 23.7. The van der Waals surface area contributed by atoms with Gasteiger partial charge in [-0.25, -0.2) is 0 Å². The fraction of sp³-hybridized carbons (Fsp3) is 0.286. The Kier molecular flexibility index (Phi) is 8.42. The van der Waals surface area contributed by atoms with Gasteiger partial charge in [-0.15, -0.1) is 0 Å². The number of carboxylic acids is 1. The Bertz CT molecular complexity index is 904. The lowest BCUT2D eigenvalue weighted by Gasteiger charge is -2.17. The van der Waals surface area contributed by atoms with Gasteiger partial charge in [-0.3, -0.25) is 10.1 Å². The van der Waals surface area contributed by atoms with Crippen LogP contribution in [0.3, 0.4) is 0 Å². The van der Waals surface area contributed by atoms with Crippen molar-refractivity contribution in [2.45, 2.75) is 20.8 Å². The molecule has 160 valence electrons. The standard InChI is InChI=1S/C21H24N2O6S/c1-4-27-16-11-14(12-17(28-5-2)18(16)29-6-3)19(24)23-21(30)22-15-9-7-8-13(10-15)20(25)26/h7-12H,4-6H2,1-3H3,(H,25,26)(H2,22,23,24,30)/p-1. The van der Waals surface area contributed by atoms with E-state index in [1.807, 2.05) is 20.8 Å².